The summed E-state index contributed by atoms with van der Waals surface area (Å²) in [6.07, 6.45) is 4.06. The summed E-state index contributed by atoms with van der Waals surface area (Å²) in [5.74, 6) is -0.104. The minimum Gasteiger partial charge on any atom is -0.493 e. The summed E-state index contributed by atoms with van der Waals surface area (Å²) in [5.41, 5.74) is 0.576. The molecule has 3 rings (SSSR count). The third-order valence-corrected chi connectivity index (χ3v) is 5.16. The summed E-state index contributed by atoms with van der Waals surface area (Å²) in [4.78, 5) is 29.1. The van der Waals surface area contributed by atoms with Crippen molar-refractivity contribution in [3.05, 3.63) is 38.4 Å². The van der Waals surface area contributed by atoms with E-state index in [-0.39, 0.29) is 22.7 Å². The predicted molar refractivity (Wildman–Crippen MR) is 97.5 cm³/mol. The van der Waals surface area contributed by atoms with Crippen molar-refractivity contribution < 1.29 is 19.2 Å². The van der Waals surface area contributed by atoms with E-state index in [4.69, 9.17) is 9.47 Å². The monoisotopic (exact) mass is 377 g/mol. The average Bonchev–Trinajstić information content (AvgIpc) is 3.03. The number of thiazole rings is 1. The largest absolute Gasteiger partial charge is 0.493 e. The Kier molecular flexibility index (Phi) is 5.36. The summed E-state index contributed by atoms with van der Waals surface area (Å²) in [5, 5.41) is 14.6. The Balaban J connectivity index is 1.92. The van der Waals surface area contributed by atoms with Gasteiger partial charge >= 0.3 is 0 Å². The molecule has 0 bridgehead atoms. The van der Waals surface area contributed by atoms with E-state index in [9.17, 15) is 14.9 Å². The fourth-order valence-electron chi connectivity index (χ4n) is 2.88. The number of nitrogens with zero attached hydrogens (tertiary/aromatic N) is 2. The Morgan fingerprint density at radius 3 is 2.77 bits per heavy atom. The molecule has 138 valence electrons. The first-order valence-electron chi connectivity index (χ1n) is 8.32. The lowest BCUT2D eigenvalue weighted by atomic mass is 10.0. The molecular formula is C17H19N3O5S. The van der Waals surface area contributed by atoms with Gasteiger partial charge in [0.25, 0.3) is 11.6 Å². The highest BCUT2D eigenvalue weighted by Crippen LogP contribution is 2.36. The van der Waals surface area contributed by atoms with Gasteiger partial charge in [0.05, 0.1) is 30.4 Å². The van der Waals surface area contributed by atoms with E-state index in [0.29, 0.717) is 11.7 Å². The van der Waals surface area contributed by atoms with Crippen LogP contribution < -0.4 is 14.8 Å². The number of aryl methyl sites for hydroxylation is 2. The van der Waals surface area contributed by atoms with Gasteiger partial charge in [0.15, 0.2) is 16.6 Å². The van der Waals surface area contributed by atoms with Crippen LogP contribution in [-0.4, -0.2) is 29.5 Å². The van der Waals surface area contributed by atoms with E-state index >= 15 is 0 Å². The lowest BCUT2D eigenvalue weighted by Crippen LogP contribution is -2.14. The second-order valence-electron chi connectivity index (χ2n) is 5.76. The number of amides is 1. The maximum atomic E-state index is 12.6. The molecule has 8 nitrogen and oxygen atoms in total. The van der Waals surface area contributed by atoms with Gasteiger partial charge in [0.2, 0.25) is 0 Å². The number of nitro benzene ring substituents is 1. The van der Waals surface area contributed by atoms with Gasteiger partial charge in [-0.3, -0.25) is 20.2 Å². The Morgan fingerprint density at radius 1 is 1.35 bits per heavy atom. The summed E-state index contributed by atoms with van der Waals surface area (Å²) in [6.45, 7) is 2.08. The van der Waals surface area contributed by atoms with E-state index in [1.54, 1.807) is 6.92 Å². The number of carbonyl (C=O) groups excluding carboxylic acids is 1. The van der Waals surface area contributed by atoms with Gasteiger partial charge in [-0.25, -0.2) is 4.98 Å². The van der Waals surface area contributed by atoms with Crippen LogP contribution in [0.2, 0.25) is 0 Å². The molecule has 0 fully saturated rings. The van der Waals surface area contributed by atoms with E-state index in [1.807, 2.05) is 0 Å². The molecule has 1 aromatic heterocycles. The summed E-state index contributed by atoms with van der Waals surface area (Å²) in [7, 11) is 1.42. The summed E-state index contributed by atoms with van der Waals surface area (Å²) >= 11 is 1.42. The number of hydrogen-bond donors (Lipinski definition) is 1. The Labute approximate surface area is 154 Å². The topological polar surface area (TPSA) is 104 Å². The van der Waals surface area contributed by atoms with Crippen molar-refractivity contribution in [3.63, 3.8) is 0 Å². The second kappa shape index (κ2) is 7.69. The molecule has 1 aromatic carbocycles. The average molecular weight is 377 g/mol. The number of fused-ring (bicyclic) bond motifs is 1. The lowest BCUT2D eigenvalue weighted by Gasteiger charge is -2.11. The Morgan fingerprint density at radius 2 is 2.12 bits per heavy atom. The van der Waals surface area contributed by atoms with Crippen molar-refractivity contribution in [1.82, 2.24) is 4.98 Å². The molecule has 0 atom stereocenters. The van der Waals surface area contributed by atoms with Gasteiger partial charge in [-0.15, -0.1) is 11.3 Å². The fourth-order valence-corrected chi connectivity index (χ4v) is 3.92. The van der Waals surface area contributed by atoms with Crippen molar-refractivity contribution in [2.24, 2.45) is 0 Å². The number of carbonyl (C=O) groups is 1. The van der Waals surface area contributed by atoms with E-state index < -0.39 is 10.8 Å². The molecule has 0 saturated carbocycles. The van der Waals surface area contributed by atoms with Crippen LogP contribution in [0.1, 0.15) is 40.7 Å². The number of anilines is 1. The zero-order chi connectivity index (χ0) is 18.7. The molecule has 0 unspecified atom stereocenters. The number of rotatable bonds is 6. The normalized spacial score (nSPS) is 13.0. The maximum absolute atomic E-state index is 12.6. The molecule has 1 aliphatic carbocycles. The highest BCUT2D eigenvalue weighted by Gasteiger charge is 2.26. The molecule has 26 heavy (non-hydrogen) atoms. The third-order valence-electron chi connectivity index (χ3n) is 4.09. The van der Waals surface area contributed by atoms with Crippen LogP contribution in [0, 0.1) is 10.1 Å². The minimum atomic E-state index is -0.607. The highest BCUT2D eigenvalue weighted by atomic mass is 32.1. The van der Waals surface area contributed by atoms with Gasteiger partial charge in [-0.1, -0.05) is 0 Å². The molecule has 1 amide bonds. The van der Waals surface area contributed by atoms with Crippen LogP contribution in [0.25, 0.3) is 0 Å². The molecule has 1 N–H and O–H groups in total. The van der Waals surface area contributed by atoms with Crippen LogP contribution in [0.5, 0.6) is 11.5 Å². The fraction of sp³-hybridized carbons (Fsp3) is 0.412. The molecule has 0 spiro atoms. The van der Waals surface area contributed by atoms with Gasteiger partial charge in [0.1, 0.15) is 5.56 Å². The molecule has 0 aliphatic heterocycles. The first-order valence-corrected chi connectivity index (χ1v) is 9.14. The molecule has 0 radical (unpaired) electrons. The number of benzene rings is 1. The summed E-state index contributed by atoms with van der Waals surface area (Å²) in [6, 6.07) is 2.54. The first-order chi connectivity index (χ1) is 12.5. The smallest absolute Gasteiger partial charge is 0.286 e. The van der Waals surface area contributed by atoms with Crippen molar-refractivity contribution in [2.45, 2.75) is 32.6 Å². The van der Waals surface area contributed by atoms with Gasteiger partial charge in [-0.2, -0.15) is 0 Å². The van der Waals surface area contributed by atoms with Gasteiger partial charge < -0.3 is 9.47 Å². The zero-order valence-corrected chi connectivity index (χ0v) is 15.4. The van der Waals surface area contributed by atoms with Gasteiger partial charge in [-0.05, 0) is 32.6 Å². The van der Waals surface area contributed by atoms with Crippen LogP contribution in [-0.2, 0) is 12.8 Å². The molecule has 1 aliphatic rings. The van der Waals surface area contributed by atoms with E-state index in [2.05, 4.69) is 10.3 Å². The number of aromatic nitrogens is 1. The van der Waals surface area contributed by atoms with Crippen LogP contribution in [0.15, 0.2) is 12.1 Å². The lowest BCUT2D eigenvalue weighted by molar-refractivity contribution is -0.385. The zero-order valence-electron chi connectivity index (χ0n) is 14.5. The minimum absolute atomic E-state index is 0.0940. The molecule has 0 saturated heterocycles. The maximum Gasteiger partial charge on any atom is 0.286 e. The standard InChI is InChI=1S/C17H19N3O5S/c1-3-25-14-9-12(20(22)23)10(8-13(14)24-2)16(21)19-17-18-11-6-4-5-7-15(11)26-17/h8-9H,3-7H2,1-2H3,(H,18,19,21). The predicted octanol–water partition coefficient (Wildman–Crippen LogP) is 3.59. The SMILES string of the molecule is CCOc1cc([N+](=O)[O-])c(C(=O)Nc2nc3c(s2)CCCC3)cc1OC. The van der Waals surface area contributed by atoms with E-state index in [1.165, 1.54) is 35.5 Å². The number of methoxy groups -OCH3 is 1. The number of ether oxygens (including phenoxy) is 2. The third kappa shape index (κ3) is 3.62. The Bertz CT molecular complexity index is 826. The van der Waals surface area contributed by atoms with Crippen molar-refractivity contribution >= 4 is 28.1 Å². The van der Waals surface area contributed by atoms with Crippen molar-refractivity contribution in [2.75, 3.05) is 19.0 Å². The number of nitro groups is 1. The molecule has 9 heteroatoms. The summed E-state index contributed by atoms with van der Waals surface area (Å²) < 4.78 is 10.6. The van der Waals surface area contributed by atoms with Crippen molar-refractivity contribution in [3.8, 4) is 11.5 Å². The second-order valence-corrected chi connectivity index (χ2v) is 6.84. The Hall–Kier alpha value is -2.68. The molecular weight excluding hydrogens is 358 g/mol. The quantitative estimate of drug-likeness (QED) is 0.609. The molecule has 2 aromatic rings. The van der Waals surface area contributed by atoms with Gasteiger partial charge in [0, 0.05) is 10.9 Å². The van der Waals surface area contributed by atoms with Crippen molar-refractivity contribution in [1.29, 1.82) is 0 Å². The molecule has 1 heterocycles. The number of hydrogen-bond acceptors (Lipinski definition) is 7. The van der Waals surface area contributed by atoms with Crippen LogP contribution in [0.3, 0.4) is 0 Å². The van der Waals surface area contributed by atoms with Crippen LogP contribution in [0.4, 0.5) is 10.8 Å². The van der Waals surface area contributed by atoms with Crippen LogP contribution >= 0.6 is 11.3 Å². The number of nitrogens with one attached hydrogen (secondary N) is 1. The first kappa shape index (κ1) is 18.1. The van der Waals surface area contributed by atoms with E-state index in [0.717, 1.165) is 31.4 Å². The highest BCUT2D eigenvalue weighted by molar-refractivity contribution is 7.15.